The number of hydrogen-bond donors (Lipinski definition) is 2. The average Bonchev–Trinajstić information content (AvgIpc) is 2.34. The molecule has 0 saturated carbocycles. The van der Waals surface area contributed by atoms with Crippen molar-refractivity contribution < 1.29 is 24.6 Å². The number of isocyanates is 1. The van der Waals surface area contributed by atoms with Crippen molar-refractivity contribution in [3.63, 3.8) is 0 Å². The summed E-state index contributed by atoms with van der Waals surface area (Å²) in [5, 5.41) is 19.3. The fourth-order valence-corrected chi connectivity index (χ4v) is 1.17. The fraction of sp³-hybridized carbons (Fsp3) is 0.364. The molecule has 2 N–H and O–H groups in total. The number of carbonyl (C=O) groups is 2. The Kier molecular flexibility index (Phi) is 5.34. The predicted molar refractivity (Wildman–Crippen MR) is 58.9 cm³/mol. The molecule has 0 amide bonds. The summed E-state index contributed by atoms with van der Waals surface area (Å²) in [6.45, 7) is 7.37. The number of aliphatic imine (C=N–C) groups is 1. The van der Waals surface area contributed by atoms with E-state index >= 15 is 0 Å². The standard InChI is InChI=1S/C11H13NO5/c1-4-7(14)9(16)11(3,12-6-13)10(17)8(15)5-2/h4-5,9-10,16-17H,1-2H2,3H3. The van der Waals surface area contributed by atoms with Crippen molar-refractivity contribution in [1.29, 1.82) is 0 Å². The lowest BCUT2D eigenvalue weighted by molar-refractivity contribution is -0.134. The molecule has 0 aromatic carbocycles. The van der Waals surface area contributed by atoms with Crippen LogP contribution >= 0.6 is 0 Å². The van der Waals surface area contributed by atoms with Crippen LogP contribution in [0.2, 0.25) is 0 Å². The Labute approximate surface area is 98.0 Å². The maximum Gasteiger partial charge on any atom is 0.235 e. The molecule has 0 radical (unpaired) electrons. The van der Waals surface area contributed by atoms with E-state index in [1.54, 1.807) is 0 Å². The molecule has 0 aliphatic rings. The third kappa shape index (κ3) is 3.04. The van der Waals surface area contributed by atoms with E-state index in [0.717, 1.165) is 25.2 Å². The van der Waals surface area contributed by atoms with Gasteiger partial charge in [0.15, 0.2) is 11.6 Å². The van der Waals surface area contributed by atoms with Crippen LogP contribution in [0.25, 0.3) is 0 Å². The zero-order chi connectivity index (χ0) is 13.6. The lowest BCUT2D eigenvalue weighted by Crippen LogP contribution is -2.54. The summed E-state index contributed by atoms with van der Waals surface area (Å²) in [7, 11) is 0. The zero-order valence-electron chi connectivity index (χ0n) is 9.29. The molecule has 6 heteroatoms. The van der Waals surface area contributed by atoms with Gasteiger partial charge in [-0.1, -0.05) is 13.2 Å². The van der Waals surface area contributed by atoms with Crippen molar-refractivity contribution in [2.45, 2.75) is 24.7 Å². The van der Waals surface area contributed by atoms with Crippen molar-refractivity contribution >= 4 is 17.6 Å². The second-order valence-corrected chi connectivity index (χ2v) is 3.45. The second kappa shape index (κ2) is 6.00. The van der Waals surface area contributed by atoms with Gasteiger partial charge in [0.25, 0.3) is 0 Å². The maximum absolute atomic E-state index is 11.2. The lowest BCUT2D eigenvalue weighted by Gasteiger charge is -2.30. The summed E-state index contributed by atoms with van der Waals surface area (Å²) >= 11 is 0. The molecule has 0 bridgehead atoms. The first-order valence-corrected chi connectivity index (χ1v) is 4.62. The molecule has 0 aromatic heterocycles. The van der Waals surface area contributed by atoms with Crippen LogP contribution in [0.5, 0.6) is 0 Å². The summed E-state index contributed by atoms with van der Waals surface area (Å²) in [6.07, 6.45) is -1.04. The Bertz CT molecular complexity index is 369. The van der Waals surface area contributed by atoms with Crippen molar-refractivity contribution in [1.82, 2.24) is 0 Å². The Morgan fingerprint density at radius 3 is 1.82 bits per heavy atom. The molecule has 0 spiro atoms. The molecule has 0 saturated heterocycles. The molecular formula is C11H13NO5. The van der Waals surface area contributed by atoms with Crippen LogP contribution in [-0.4, -0.2) is 45.6 Å². The van der Waals surface area contributed by atoms with E-state index in [2.05, 4.69) is 18.2 Å². The van der Waals surface area contributed by atoms with Gasteiger partial charge in [0.2, 0.25) is 6.08 Å². The Morgan fingerprint density at radius 1 is 1.24 bits per heavy atom. The third-order valence-corrected chi connectivity index (χ3v) is 2.34. The minimum atomic E-state index is -2.02. The molecule has 92 valence electrons. The molecule has 2 unspecified atom stereocenters. The van der Waals surface area contributed by atoms with Crippen LogP contribution in [-0.2, 0) is 14.4 Å². The highest BCUT2D eigenvalue weighted by Crippen LogP contribution is 2.22. The van der Waals surface area contributed by atoms with E-state index in [1.807, 2.05) is 0 Å². The van der Waals surface area contributed by atoms with Crippen molar-refractivity contribution in [3.8, 4) is 0 Å². The van der Waals surface area contributed by atoms with Gasteiger partial charge in [0.05, 0.1) is 0 Å². The lowest BCUT2D eigenvalue weighted by atomic mass is 9.84. The first kappa shape index (κ1) is 15.1. The minimum absolute atomic E-state index is 0.800. The molecule has 0 heterocycles. The quantitative estimate of drug-likeness (QED) is 0.348. The van der Waals surface area contributed by atoms with Crippen LogP contribution in [0, 0.1) is 0 Å². The summed E-state index contributed by atoms with van der Waals surface area (Å²) in [6, 6.07) is 0. The number of aliphatic hydroxyl groups is 2. The summed E-state index contributed by atoms with van der Waals surface area (Å²) in [5.74, 6) is -1.75. The largest absolute Gasteiger partial charge is 0.382 e. The Hall–Kier alpha value is -1.88. The first-order chi connectivity index (χ1) is 7.84. The Morgan fingerprint density at radius 2 is 1.59 bits per heavy atom. The molecular weight excluding hydrogens is 226 g/mol. The van der Waals surface area contributed by atoms with Crippen LogP contribution in [0.15, 0.2) is 30.3 Å². The third-order valence-electron chi connectivity index (χ3n) is 2.34. The molecule has 0 rings (SSSR count). The molecule has 2 atom stereocenters. The normalized spacial score (nSPS) is 16.9. The van der Waals surface area contributed by atoms with Gasteiger partial charge in [-0.15, -0.1) is 0 Å². The molecule has 0 aromatic rings. The van der Waals surface area contributed by atoms with Gasteiger partial charge >= 0.3 is 0 Å². The monoisotopic (exact) mass is 239 g/mol. The van der Waals surface area contributed by atoms with Crippen LogP contribution < -0.4 is 0 Å². The van der Waals surface area contributed by atoms with E-state index in [0.29, 0.717) is 0 Å². The number of nitrogens with zero attached hydrogens (tertiary/aromatic N) is 1. The predicted octanol–water partition coefficient (Wildman–Crippen LogP) is -0.687. The van der Waals surface area contributed by atoms with Gasteiger partial charge in [0, 0.05) is 0 Å². The average molecular weight is 239 g/mol. The van der Waals surface area contributed by atoms with E-state index in [4.69, 9.17) is 0 Å². The number of carbonyl (C=O) groups excluding carboxylic acids is 3. The van der Waals surface area contributed by atoms with Crippen molar-refractivity contribution in [2.75, 3.05) is 0 Å². The van der Waals surface area contributed by atoms with Crippen molar-refractivity contribution in [3.05, 3.63) is 25.3 Å². The molecule has 0 aliphatic carbocycles. The highest BCUT2D eigenvalue weighted by Gasteiger charge is 2.46. The highest BCUT2D eigenvalue weighted by atomic mass is 16.3. The number of aliphatic hydroxyl groups excluding tert-OH is 2. The summed E-state index contributed by atoms with van der Waals surface area (Å²) < 4.78 is 0. The molecule has 0 aliphatic heterocycles. The Balaban J connectivity index is 5.51. The van der Waals surface area contributed by atoms with Crippen LogP contribution in [0.4, 0.5) is 0 Å². The fourth-order valence-electron chi connectivity index (χ4n) is 1.17. The van der Waals surface area contributed by atoms with Gasteiger partial charge < -0.3 is 10.2 Å². The maximum atomic E-state index is 11.2. The van der Waals surface area contributed by atoms with Crippen LogP contribution in [0.3, 0.4) is 0 Å². The molecule has 17 heavy (non-hydrogen) atoms. The van der Waals surface area contributed by atoms with Gasteiger partial charge in [-0.3, -0.25) is 9.59 Å². The van der Waals surface area contributed by atoms with E-state index in [1.165, 1.54) is 0 Å². The van der Waals surface area contributed by atoms with E-state index < -0.39 is 29.3 Å². The van der Waals surface area contributed by atoms with E-state index in [9.17, 15) is 24.6 Å². The van der Waals surface area contributed by atoms with Gasteiger partial charge in [-0.25, -0.2) is 4.79 Å². The molecule has 0 fully saturated rings. The number of rotatable bonds is 7. The summed E-state index contributed by atoms with van der Waals surface area (Å²) in [4.78, 5) is 35.9. The number of hydrogen-bond acceptors (Lipinski definition) is 6. The van der Waals surface area contributed by atoms with Crippen molar-refractivity contribution in [2.24, 2.45) is 4.99 Å². The minimum Gasteiger partial charge on any atom is -0.382 e. The first-order valence-electron chi connectivity index (χ1n) is 4.62. The smallest absolute Gasteiger partial charge is 0.235 e. The van der Waals surface area contributed by atoms with Gasteiger partial charge in [0.1, 0.15) is 17.7 Å². The topological polar surface area (TPSA) is 104 Å². The molecule has 6 nitrogen and oxygen atoms in total. The number of ketones is 2. The SMILES string of the molecule is C=CC(=O)C(O)C(C)(N=C=O)C(O)C(=O)C=C. The second-order valence-electron chi connectivity index (χ2n) is 3.45. The van der Waals surface area contributed by atoms with E-state index in [-0.39, 0.29) is 0 Å². The van der Waals surface area contributed by atoms with Crippen LogP contribution in [0.1, 0.15) is 6.92 Å². The summed E-state index contributed by atoms with van der Waals surface area (Å²) in [5.41, 5.74) is -2.02. The highest BCUT2D eigenvalue weighted by molar-refractivity contribution is 5.98. The van der Waals surface area contributed by atoms with Gasteiger partial charge in [-0.05, 0) is 19.1 Å². The van der Waals surface area contributed by atoms with Gasteiger partial charge in [-0.2, -0.15) is 4.99 Å². The zero-order valence-corrected chi connectivity index (χ0v) is 9.29.